The van der Waals surface area contributed by atoms with E-state index in [2.05, 4.69) is 11.8 Å². The SMILES string of the molecule is C[C@@H]1c2c(F)cccc2C[C@H]1N1CC[C@@H](O)C1. The fourth-order valence-electron chi connectivity index (χ4n) is 3.38. The number of aliphatic hydroxyl groups is 1. The smallest absolute Gasteiger partial charge is 0.127 e. The van der Waals surface area contributed by atoms with Crippen molar-refractivity contribution >= 4 is 0 Å². The van der Waals surface area contributed by atoms with Gasteiger partial charge in [0.2, 0.25) is 0 Å². The van der Waals surface area contributed by atoms with Crippen LogP contribution in [-0.4, -0.2) is 35.2 Å². The van der Waals surface area contributed by atoms with Crippen molar-refractivity contribution in [3.05, 3.63) is 35.1 Å². The number of halogens is 1. The van der Waals surface area contributed by atoms with Gasteiger partial charge in [0.1, 0.15) is 5.82 Å². The van der Waals surface area contributed by atoms with E-state index in [1.54, 1.807) is 12.1 Å². The monoisotopic (exact) mass is 235 g/mol. The van der Waals surface area contributed by atoms with E-state index in [1.807, 2.05) is 6.07 Å². The Kier molecular flexibility index (Phi) is 2.68. The van der Waals surface area contributed by atoms with Crippen LogP contribution in [0.3, 0.4) is 0 Å². The summed E-state index contributed by atoms with van der Waals surface area (Å²) in [7, 11) is 0. The third-order valence-electron chi connectivity index (χ3n) is 4.27. The van der Waals surface area contributed by atoms with Crippen LogP contribution < -0.4 is 0 Å². The molecule has 3 heteroatoms. The number of likely N-dealkylation sites (tertiary alicyclic amines) is 1. The molecule has 0 bridgehead atoms. The summed E-state index contributed by atoms with van der Waals surface area (Å²) in [5, 5.41) is 9.60. The molecule has 0 unspecified atom stereocenters. The Morgan fingerprint density at radius 1 is 1.41 bits per heavy atom. The summed E-state index contributed by atoms with van der Waals surface area (Å²) < 4.78 is 13.8. The van der Waals surface area contributed by atoms with Gasteiger partial charge in [-0.2, -0.15) is 0 Å². The van der Waals surface area contributed by atoms with Crippen molar-refractivity contribution in [2.75, 3.05) is 13.1 Å². The third-order valence-corrected chi connectivity index (χ3v) is 4.27. The van der Waals surface area contributed by atoms with Crippen molar-refractivity contribution in [3.8, 4) is 0 Å². The lowest BCUT2D eigenvalue weighted by atomic mass is 9.99. The zero-order valence-corrected chi connectivity index (χ0v) is 10.1. The van der Waals surface area contributed by atoms with Gasteiger partial charge in [0.05, 0.1) is 6.10 Å². The lowest BCUT2D eigenvalue weighted by molar-refractivity contribution is 0.154. The molecule has 1 aliphatic carbocycles. The first-order valence-corrected chi connectivity index (χ1v) is 6.36. The Morgan fingerprint density at radius 3 is 2.88 bits per heavy atom. The lowest BCUT2D eigenvalue weighted by Crippen LogP contribution is -2.36. The lowest BCUT2D eigenvalue weighted by Gasteiger charge is -2.27. The zero-order chi connectivity index (χ0) is 12.0. The van der Waals surface area contributed by atoms with E-state index in [9.17, 15) is 9.50 Å². The number of nitrogens with zero attached hydrogens (tertiary/aromatic N) is 1. The molecule has 1 fully saturated rings. The Hall–Kier alpha value is -0.930. The van der Waals surface area contributed by atoms with Crippen molar-refractivity contribution < 1.29 is 9.50 Å². The summed E-state index contributed by atoms with van der Waals surface area (Å²) in [4.78, 5) is 2.31. The largest absolute Gasteiger partial charge is 0.392 e. The Bertz CT molecular complexity index is 434. The number of aliphatic hydroxyl groups excluding tert-OH is 1. The molecule has 3 atom stereocenters. The van der Waals surface area contributed by atoms with Crippen molar-refractivity contribution in [2.24, 2.45) is 0 Å². The van der Waals surface area contributed by atoms with Gasteiger partial charge in [-0.1, -0.05) is 19.1 Å². The number of rotatable bonds is 1. The Balaban J connectivity index is 1.86. The molecule has 1 N–H and O–H groups in total. The highest BCUT2D eigenvalue weighted by atomic mass is 19.1. The minimum absolute atomic E-state index is 0.0720. The van der Waals surface area contributed by atoms with Gasteiger partial charge in [0.15, 0.2) is 0 Å². The number of fused-ring (bicyclic) bond motifs is 1. The second-order valence-electron chi connectivity index (χ2n) is 5.31. The molecule has 17 heavy (non-hydrogen) atoms. The predicted octanol–water partition coefficient (Wildman–Crippen LogP) is 1.92. The Labute approximate surface area is 101 Å². The van der Waals surface area contributed by atoms with Gasteiger partial charge in [-0.3, -0.25) is 4.90 Å². The van der Waals surface area contributed by atoms with Gasteiger partial charge in [0.25, 0.3) is 0 Å². The molecular weight excluding hydrogens is 217 g/mol. The minimum atomic E-state index is -0.198. The molecule has 0 radical (unpaired) electrons. The maximum absolute atomic E-state index is 13.8. The van der Waals surface area contributed by atoms with Crippen LogP contribution in [0.25, 0.3) is 0 Å². The van der Waals surface area contributed by atoms with E-state index in [1.165, 1.54) is 0 Å². The van der Waals surface area contributed by atoms with E-state index >= 15 is 0 Å². The van der Waals surface area contributed by atoms with E-state index in [4.69, 9.17) is 0 Å². The van der Waals surface area contributed by atoms with Gasteiger partial charge in [-0.25, -0.2) is 4.39 Å². The van der Waals surface area contributed by atoms with Crippen LogP contribution in [0.2, 0.25) is 0 Å². The number of β-amino-alcohol motifs (C(OH)–C–C–N with tert-alkyl or cyclic N) is 1. The maximum atomic E-state index is 13.8. The fraction of sp³-hybridized carbons (Fsp3) is 0.571. The number of hydrogen-bond donors (Lipinski definition) is 1. The van der Waals surface area contributed by atoms with E-state index in [0.29, 0.717) is 6.04 Å². The fourth-order valence-corrected chi connectivity index (χ4v) is 3.38. The molecule has 0 spiro atoms. The third kappa shape index (κ3) is 1.78. The molecule has 1 saturated heterocycles. The van der Waals surface area contributed by atoms with Crippen molar-refractivity contribution in [3.63, 3.8) is 0 Å². The quantitative estimate of drug-likeness (QED) is 0.804. The molecule has 2 aliphatic rings. The molecule has 0 aromatic heterocycles. The van der Waals surface area contributed by atoms with Gasteiger partial charge < -0.3 is 5.11 Å². The van der Waals surface area contributed by atoms with E-state index in [0.717, 1.165) is 37.1 Å². The van der Waals surface area contributed by atoms with Crippen LogP contribution in [0.4, 0.5) is 4.39 Å². The van der Waals surface area contributed by atoms with Gasteiger partial charge in [0, 0.05) is 25.0 Å². The molecule has 3 rings (SSSR count). The second kappa shape index (κ2) is 4.07. The van der Waals surface area contributed by atoms with E-state index < -0.39 is 0 Å². The van der Waals surface area contributed by atoms with Gasteiger partial charge >= 0.3 is 0 Å². The first-order valence-electron chi connectivity index (χ1n) is 6.36. The molecule has 0 saturated carbocycles. The molecule has 92 valence electrons. The summed E-state index contributed by atoms with van der Waals surface area (Å²) in [6, 6.07) is 5.74. The molecule has 0 amide bonds. The van der Waals surface area contributed by atoms with Crippen LogP contribution >= 0.6 is 0 Å². The van der Waals surface area contributed by atoms with E-state index in [-0.39, 0.29) is 17.8 Å². The van der Waals surface area contributed by atoms with Crippen LogP contribution in [0, 0.1) is 5.82 Å². The standard InChI is InChI=1S/C14H18FNO/c1-9-13(16-6-5-11(17)8-16)7-10-3-2-4-12(15)14(9)10/h2-4,9,11,13,17H,5-8H2,1H3/t9-,11+,13+/m0/s1. The summed E-state index contributed by atoms with van der Waals surface area (Å²) in [5.74, 6) is 0.161. The molecule has 1 aliphatic heterocycles. The average molecular weight is 235 g/mol. The van der Waals surface area contributed by atoms with Crippen molar-refractivity contribution in [1.29, 1.82) is 0 Å². The second-order valence-corrected chi connectivity index (χ2v) is 5.31. The van der Waals surface area contributed by atoms with Crippen molar-refractivity contribution in [1.82, 2.24) is 4.90 Å². The minimum Gasteiger partial charge on any atom is -0.392 e. The zero-order valence-electron chi connectivity index (χ0n) is 10.1. The molecule has 2 nitrogen and oxygen atoms in total. The first-order chi connectivity index (χ1) is 8.16. The van der Waals surface area contributed by atoms with Crippen molar-refractivity contribution in [2.45, 2.75) is 37.8 Å². The Morgan fingerprint density at radius 2 is 2.24 bits per heavy atom. The number of hydrogen-bond acceptors (Lipinski definition) is 2. The molecule has 1 heterocycles. The van der Waals surface area contributed by atoms with Crippen LogP contribution in [-0.2, 0) is 6.42 Å². The summed E-state index contributed by atoms with van der Waals surface area (Å²) in [5.41, 5.74) is 2.03. The van der Waals surface area contributed by atoms with Gasteiger partial charge in [-0.15, -0.1) is 0 Å². The number of benzene rings is 1. The maximum Gasteiger partial charge on any atom is 0.127 e. The molecule has 1 aromatic carbocycles. The summed E-state index contributed by atoms with van der Waals surface area (Å²) >= 11 is 0. The first kappa shape index (κ1) is 11.2. The summed E-state index contributed by atoms with van der Waals surface area (Å²) in [6.45, 7) is 3.78. The van der Waals surface area contributed by atoms with Crippen LogP contribution in [0.5, 0.6) is 0 Å². The summed E-state index contributed by atoms with van der Waals surface area (Å²) in [6.07, 6.45) is 1.57. The van der Waals surface area contributed by atoms with Crippen LogP contribution in [0.15, 0.2) is 18.2 Å². The highest BCUT2D eigenvalue weighted by molar-refractivity contribution is 5.38. The average Bonchev–Trinajstić information content (AvgIpc) is 2.84. The van der Waals surface area contributed by atoms with Gasteiger partial charge in [-0.05, 0) is 30.0 Å². The highest BCUT2D eigenvalue weighted by Gasteiger charge is 2.37. The predicted molar refractivity (Wildman–Crippen MR) is 64.5 cm³/mol. The topological polar surface area (TPSA) is 23.5 Å². The highest BCUT2D eigenvalue weighted by Crippen LogP contribution is 2.38. The molecule has 1 aromatic rings. The molecular formula is C14H18FNO. The van der Waals surface area contributed by atoms with Crippen LogP contribution in [0.1, 0.15) is 30.4 Å². The normalized spacial score (nSPS) is 33.0.